The Bertz CT molecular complexity index is 1060. The summed E-state index contributed by atoms with van der Waals surface area (Å²) in [6.07, 6.45) is 4.30. The van der Waals surface area contributed by atoms with Crippen molar-refractivity contribution in [3.05, 3.63) is 53.6 Å². The number of carbonyl (C=O) groups excluding carboxylic acids is 1. The molecular weight excluding hydrogens is 376 g/mol. The van der Waals surface area contributed by atoms with Crippen LogP contribution in [0.4, 0.5) is 0 Å². The molecule has 0 unspecified atom stereocenters. The number of nitrogens with zero attached hydrogens (tertiary/aromatic N) is 3. The van der Waals surface area contributed by atoms with Crippen molar-refractivity contribution in [1.82, 2.24) is 20.1 Å². The largest absolute Gasteiger partial charge is 0.497 e. The minimum atomic E-state index is -0.153. The highest BCUT2D eigenvalue weighted by molar-refractivity contribution is 5.88. The summed E-state index contributed by atoms with van der Waals surface area (Å²) in [7, 11) is 1.67. The number of methoxy groups -OCH3 is 1. The van der Waals surface area contributed by atoms with Crippen LogP contribution in [0.5, 0.6) is 5.75 Å². The van der Waals surface area contributed by atoms with Gasteiger partial charge in [-0.3, -0.25) is 9.89 Å². The summed E-state index contributed by atoms with van der Waals surface area (Å²) in [6, 6.07) is 12.3. The van der Waals surface area contributed by atoms with E-state index < -0.39 is 0 Å². The fourth-order valence-corrected chi connectivity index (χ4v) is 4.42. The van der Waals surface area contributed by atoms with Gasteiger partial charge in [0.15, 0.2) is 5.82 Å². The third kappa shape index (κ3) is 3.66. The molecule has 1 aliphatic heterocycles. The van der Waals surface area contributed by atoms with Gasteiger partial charge in [-0.1, -0.05) is 24.3 Å². The summed E-state index contributed by atoms with van der Waals surface area (Å²) >= 11 is 0. The average Bonchev–Trinajstić information content (AvgIpc) is 3.54. The Balaban J connectivity index is 1.24. The Morgan fingerprint density at radius 3 is 2.53 bits per heavy atom. The van der Waals surface area contributed by atoms with Crippen molar-refractivity contribution in [1.29, 1.82) is 0 Å². The number of rotatable bonds is 5. The minimum absolute atomic E-state index is 0.153. The van der Waals surface area contributed by atoms with E-state index in [1.54, 1.807) is 7.11 Å². The minimum Gasteiger partial charge on any atom is -0.497 e. The lowest BCUT2D eigenvalue weighted by atomic mass is 9.93. The Labute approximate surface area is 176 Å². The molecule has 156 valence electrons. The first-order valence-electron chi connectivity index (χ1n) is 10.9. The van der Waals surface area contributed by atoms with Crippen LogP contribution in [0.3, 0.4) is 0 Å². The maximum Gasteiger partial charge on any atom is 0.229 e. The molecule has 0 spiro atoms. The van der Waals surface area contributed by atoms with Crippen molar-refractivity contribution in [2.75, 3.05) is 20.2 Å². The standard InChI is InChI=1S/C24H28N4O2/c1-15(18-5-6-20-14-21(30-2)8-7-19(20)13-18)24(29)28-11-9-17(10-12-28)23-25-22(26-27-23)16-3-4-16/h5-8,13-17H,3-4,9-12H2,1-2H3,(H,25,26,27)/t15-/m0/s1. The number of likely N-dealkylation sites (tertiary alicyclic amines) is 1. The molecule has 2 aliphatic rings. The SMILES string of the molecule is COc1ccc2cc([C@H](C)C(=O)N3CCC(c4nc(C5CC5)n[nH]4)CC3)ccc2c1. The zero-order chi connectivity index (χ0) is 20.7. The van der Waals surface area contributed by atoms with Gasteiger partial charge in [0.1, 0.15) is 11.6 Å². The highest BCUT2D eigenvalue weighted by Gasteiger charge is 2.31. The van der Waals surface area contributed by atoms with Crippen LogP contribution in [0.1, 0.15) is 67.6 Å². The quantitative estimate of drug-likeness (QED) is 0.686. The number of hydrogen-bond acceptors (Lipinski definition) is 4. The van der Waals surface area contributed by atoms with Gasteiger partial charge >= 0.3 is 0 Å². The van der Waals surface area contributed by atoms with E-state index in [0.29, 0.717) is 11.8 Å². The smallest absolute Gasteiger partial charge is 0.229 e. The van der Waals surface area contributed by atoms with Gasteiger partial charge in [-0.15, -0.1) is 0 Å². The number of carbonyl (C=O) groups is 1. The van der Waals surface area contributed by atoms with E-state index in [-0.39, 0.29) is 11.8 Å². The van der Waals surface area contributed by atoms with Crippen molar-refractivity contribution < 1.29 is 9.53 Å². The molecule has 1 amide bonds. The van der Waals surface area contributed by atoms with Gasteiger partial charge in [0, 0.05) is 24.9 Å². The molecule has 3 aromatic rings. The van der Waals surface area contributed by atoms with Crippen LogP contribution >= 0.6 is 0 Å². The molecule has 30 heavy (non-hydrogen) atoms. The number of aromatic amines is 1. The summed E-state index contributed by atoms with van der Waals surface area (Å²) in [5.74, 6) is 3.82. The third-order valence-corrected chi connectivity index (χ3v) is 6.60. The summed E-state index contributed by atoms with van der Waals surface area (Å²) in [4.78, 5) is 19.9. The van der Waals surface area contributed by atoms with E-state index in [1.165, 1.54) is 12.8 Å². The monoisotopic (exact) mass is 404 g/mol. The van der Waals surface area contributed by atoms with Crippen molar-refractivity contribution >= 4 is 16.7 Å². The first kappa shape index (κ1) is 19.1. The number of benzene rings is 2. The van der Waals surface area contributed by atoms with E-state index in [4.69, 9.17) is 9.72 Å². The second-order valence-electron chi connectivity index (χ2n) is 8.65. The lowest BCUT2D eigenvalue weighted by Crippen LogP contribution is -2.40. The maximum absolute atomic E-state index is 13.2. The number of ether oxygens (including phenoxy) is 1. The van der Waals surface area contributed by atoms with Crippen LogP contribution in [0.15, 0.2) is 36.4 Å². The predicted molar refractivity (Wildman–Crippen MR) is 116 cm³/mol. The lowest BCUT2D eigenvalue weighted by Gasteiger charge is -2.33. The van der Waals surface area contributed by atoms with Crippen LogP contribution in [0.25, 0.3) is 10.8 Å². The molecule has 6 heteroatoms. The van der Waals surface area contributed by atoms with Gasteiger partial charge in [0.2, 0.25) is 5.91 Å². The molecule has 1 saturated carbocycles. The molecule has 1 atom stereocenters. The predicted octanol–water partition coefficient (Wildman–Crippen LogP) is 4.35. The molecule has 0 bridgehead atoms. The van der Waals surface area contributed by atoms with Crippen molar-refractivity contribution in [2.24, 2.45) is 0 Å². The van der Waals surface area contributed by atoms with Gasteiger partial charge in [-0.2, -0.15) is 5.10 Å². The second kappa shape index (κ2) is 7.74. The summed E-state index contributed by atoms with van der Waals surface area (Å²) in [5.41, 5.74) is 1.06. The zero-order valence-electron chi connectivity index (χ0n) is 17.6. The molecule has 1 N–H and O–H groups in total. The van der Waals surface area contributed by atoms with Gasteiger partial charge in [-0.25, -0.2) is 4.98 Å². The Morgan fingerprint density at radius 2 is 1.80 bits per heavy atom. The highest BCUT2D eigenvalue weighted by Crippen LogP contribution is 2.38. The number of amides is 1. The van der Waals surface area contributed by atoms with E-state index in [2.05, 4.69) is 28.4 Å². The van der Waals surface area contributed by atoms with Crippen LogP contribution in [0.2, 0.25) is 0 Å². The third-order valence-electron chi connectivity index (χ3n) is 6.60. The number of nitrogens with one attached hydrogen (secondary N) is 1. The molecule has 1 aliphatic carbocycles. The van der Waals surface area contributed by atoms with E-state index >= 15 is 0 Å². The second-order valence-corrected chi connectivity index (χ2v) is 8.65. The number of fused-ring (bicyclic) bond motifs is 1. The van der Waals surface area contributed by atoms with Gasteiger partial charge in [-0.05, 0) is 61.1 Å². The number of piperidine rings is 1. The van der Waals surface area contributed by atoms with Gasteiger partial charge in [0.25, 0.3) is 0 Å². The zero-order valence-corrected chi connectivity index (χ0v) is 17.6. The molecule has 1 saturated heterocycles. The molecule has 2 aromatic carbocycles. The van der Waals surface area contributed by atoms with Crippen LogP contribution in [-0.4, -0.2) is 46.2 Å². The van der Waals surface area contributed by atoms with Crippen molar-refractivity contribution in [3.8, 4) is 5.75 Å². The van der Waals surface area contributed by atoms with E-state index in [1.807, 2.05) is 30.0 Å². The first-order chi connectivity index (χ1) is 14.6. The van der Waals surface area contributed by atoms with Gasteiger partial charge < -0.3 is 9.64 Å². The molecule has 6 nitrogen and oxygen atoms in total. The first-order valence-corrected chi connectivity index (χ1v) is 10.9. The summed E-state index contributed by atoms with van der Waals surface area (Å²) in [6.45, 7) is 3.56. The Morgan fingerprint density at radius 1 is 1.07 bits per heavy atom. The molecule has 0 radical (unpaired) electrons. The average molecular weight is 405 g/mol. The van der Waals surface area contributed by atoms with Gasteiger partial charge in [0.05, 0.1) is 13.0 Å². The topological polar surface area (TPSA) is 71.1 Å². The van der Waals surface area contributed by atoms with Crippen LogP contribution in [-0.2, 0) is 4.79 Å². The van der Waals surface area contributed by atoms with E-state index in [9.17, 15) is 4.79 Å². The normalized spacial score (nSPS) is 18.5. The van der Waals surface area contributed by atoms with Crippen molar-refractivity contribution in [3.63, 3.8) is 0 Å². The number of aromatic nitrogens is 3. The van der Waals surface area contributed by atoms with Crippen LogP contribution < -0.4 is 4.74 Å². The molecular formula is C24H28N4O2. The fourth-order valence-electron chi connectivity index (χ4n) is 4.42. The van der Waals surface area contributed by atoms with E-state index in [0.717, 1.165) is 59.7 Å². The Kier molecular flexibility index (Phi) is 4.93. The Hall–Kier alpha value is -2.89. The molecule has 1 aromatic heterocycles. The number of hydrogen-bond donors (Lipinski definition) is 1. The molecule has 5 rings (SSSR count). The van der Waals surface area contributed by atoms with Crippen molar-refractivity contribution in [2.45, 2.75) is 50.4 Å². The molecule has 2 heterocycles. The fraction of sp³-hybridized carbons (Fsp3) is 0.458. The highest BCUT2D eigenvalue weighted by atomic mass is 16.5. The summed E-state index contributed by atoms with van der Waals surface area (Å²) < 4.78 is 5.30. The molecule has 2 fully saturated rings. The van der Waals surface area contributed by atoms with Crippen LogP contribution in [0, 0.1) is 0 Å². The summed E-state index contributed by atoms with van der Waals surface area (Å²) in [5, 5.41) is 9.78. The maximum atomic E-state index is 13.2. The lowest BCUT2D eigenvalue weighted by molar-refractivity contribution is -0.133. The number of H-pyrrole nitrogens is 1.